The highest BCUT2D eigenvalue weighted by Gasteiger charge is 2.24. The van der Waals surface area contributed by atoms with E-state index < -0.39 is 0 Å². The van der Waals surface area contributed by atoms with E-state index in [-0.39, 0.29) is 23.6 Å². The molecule has 0 N–H and O–H groups in total. The number of unbranched alkanes of at least 4 members (excludes halogenated alkanes) is 5. The number of hydrogen-bond acceptors (Lipinski definition) is 8. The van der Waals surface area contributed by atoms with Crippen molar-refractivity contribution in [2.75, 3.05) is 34.0 Å². The molecule has 1 aliphatic rings. The van der Waals surface area contributed by atoms with Crippen molar-refractivity contribution < 1.29 is 38.1 Å². The summed E-state index contributed by atoms with van der Waals surface area (Å²) >= 11 is 0. The van der Waals surface area contributed by atoms with Crippen LogP contribution >= 0.6 is 0 Å². The van der Waals surface area contributed by atoms with Crippen LogP contribution in [0.4, 0.5) is 0 Å². The topological polar surface area (TPSA) is 97.4 Å². The second kappa shape index (κ2) is 18.9. The molecule has 1 atom stereocenters. The SMILES string of the molecule is CCCc1c(OCCCCCCC(Cc2ccccc2OCCCCCC(=O)OC)C(=O)OC)ccc2c1OCCC2=O. The van der Waals surface area contributed by atoms with Gasteiger partial charge in [-0.1, -0.05) is 50.8 Å². The number of carbonyl (C=O) groups is 3. The molecule has 3 rings (SSSR count). The van der Waals surface area contributed by atoms with Gasteiger partial charge >= 0.3 is 11.9 Å². The first-order valence-corrected chi connectivity index (χ1v) is 15.8. The number of hydrogen-bond donors (Lipinski definition) is 0. The highest BCUT2D eigenvalue weighted by molar-refractivity contribution is 6.00. The second-order valence-corrected chi connectivity index (χ2v) is 11.0. The molecular weight excluding hydrogens is 548 g/mol. The fourth-order valence-corrected chi connectivity index (χ4v) is 5.41. The fourth-order valence-electron chi connectivity index (χ4n) is 5.41. The predicted octanol–water partition coefficient (Wildman–Crippen LogP) is 7.08. The summed E-state index contributed by atoms with van der Waals surface area (Å²) in [7, 11) is 2.85. The number of benzene rings is 2. The number of para-hydroxylation sites is 1. The minimum absolute atomic E-state index is 0.135. The molecule has 1 aliphatic heterocycles. The van der Waals surface area contributed by atoms with Gasteiger partial charge in [-0.15, -0.1) is 0 Å². The summed E-state index contributed by atoms with van der Waals surface area (Å²) in [4.78, 5) is 36.1. The minimum atomic E-state index is -0.235. The third-order valence-corrected chi connectivity index (χ3v) is 7.78. The van der Waals surface area contributed by atoms with Crippen LogP contribution in [0.2, 0.25) is 0 Å². The number of esters is 2. The highest BCUT2D eigenvalue weighted by atomic mass is 16.5. The summed E-state index contributed by atoms with van der Waals surface area (Å²) in [5.74, 6) is 1.82. The molecule has 2 aromatic carbocycles. The van der Waals surface area contributed by atoms with Crippen LogP contribution in [0.15, 0.2) is 36.4 Å². The Balaban J connectivity index is 1.42. The number of ether oxygens (including phenoxy) is 5. The molecule has 43 heavy (non-hydrogen) atoms. The number of Topliss-reactive ketones (excluding diaryl/α,β-unsaturated/α-hetero) is 1. The molecule has 0 spiro atoms. The van der Waals surface area contributed by atoms with Gasteiger partial charge in [0, 0.05) is 18.4 Å². The molecule has 0 aromatic heterocycles. The van der Waals surface area contributed by atoms with Crippen LogP contribution in [0.5, 0.6) is 17.2 Å². The zero-order valence-corrected chi connectivity index (χ0v) is 26.1. The number of methoxy groups -OCH3 is 2. The van der Waals surface area contributed by atoms with Crippen molar-refractivity contribution in [3.63, 3.8) is 0 Å². The second-order valence-electron chi connectivity index (χ2n) is 11.0. The van der Waals surface area contributed by atoms with Crippen LogP contribution < -0.4 is 14.2 Å². The predicted molar refractivity (Wildman–Crippen MR) is 165 cm³/mol. The molecule has 0 saturated carbocycles. The Bertz CT molecular complexity index is 1170. The van der Waals surface area contributed by atoms with Crippen LogP contribution in [-0.4, -0.2) is 51.8 Å². The van der Waals surface area contributed by atoms with Crippen LogP contribution in [0, 0.1) is 5.92 Å². The zero-order chi connectivity index (χ0) is 30.9. The van der Waals surface area contributed by atoms with Gasteiger partial charge in [0.1, 0.15) is 17.2 Å². The molecule has 0 amide bonds. The van der Waals surface area contributed by atoms with Crippen molar-refractivity contribution in [1.82, 2.24) is 0 Å². The van der Waals surface area contributed by atoms with Crippen LogP contribution in [0.25, 0.3) is 0 Å². The first kappa shape index (κ1) is 33.9. The van der Waals surface area contributed by atoms with Crippen molar-refractivity contribution in [1.29, 1.82) is 0 Å². The van der Waals surface area contributed by atoms with Crippen molar-refractivity contribution >= 4 is 17.7 Å². The average molecular weight is 597 g/mol. The molecule has 8 heteroatoms. The minimum Gasteiger partial charge on any atom is -0.493 e. The van der Waals surface area contributed by atoms with E-state index in [2.05, 4.69) is 11.7 Å². The summed E-state index contributed by atoms with van der Waals surface area (Å²) < 4.78 is 27.9. The summed E-state index contributed by atoms with van der Waals surface area (Å²) in [5, 5.41) is 0. The molecule has 0 fully saturated rings. The Morgan fingerprint density at radius 3 is 2.33 bits per heavy atom. The maximum absolute atomic E-state index is 12.6. The molecule has 0 aliphatic carbocycles. The quantitative estimate of drug-likeness (QED) is 0.118. The number of rotatable bonds is 20. The zero-order valence-electron chi connectivity index (χ0n) is 26.1. The Hall–Kier alpha value is -3.55. The van der Waals surface area contributed by atoms with Gasteiger partial charge in [0.2, 0.25) is 0 Å². The Morgan fingerprint density at radius 1 is 0.860 bits per heavy atom. The molecule has 0 radical (unpaired) electrons. The summed E-state index contributed by atoms with van der Waals surface area (Å²) in [6.45, 7) is 3.69. The summed E-state index contributed by atoms with van der Waals surface area (Å²) in [6, 6.07) is 11.6. The number of fused-ring (bicyclic) bond motifs is 1. The maximum atomic E-state index is 12.6. The smallest absolute Gasteiger partial charge is 0.308 e. The van der Waals surface area contributed by atoms with Crippen molar-refractivity contribution in [3.05, 3.63) is 53.1 Å². The lowest BCUT2D eigenvalue weighted by Gasteiger charge is -2.22. The Morgan fingerprint density at radius 2 is 1.58 bits per heavy atom. The Labute approximate surface area is 256 Å². The van der Waals surface area contributed by atoms with Crippen LogP contribution in [0.3, 0.4) is 0 Å². The molecule has 0 saturated heterocycles. The Kier molecular flexibility index (Phi) is 14.9. The average Bonchev–Trinajstić information content (AvgIpc) is 3.02. The van der Waals surface area contributed by atoms with Gasteiger partial charge in [-0.05, 0) is 68.7 Å². The molecule has 8 nitrogen and oxygen atoms in total. The molecular formula is C35H48O8. The molecule has 2 aromatic rings. The van der Waals surface area contributed by atoms with Gasteiger partial charge in [0.05, 0.1) is 45.5 Å². The standard InChI is InChI=1S/C35H48O8/c1-4-14-29-32(20-19-28-30(36)21-24-43-34(28)29)42-23-12-6-5-8-16-27(35(38)40-3)25-26-15-10-11-17-31(26)41-22-13-7-9-18-33(37)39-2/h10-11,15,17,19-20,27H,4-9,12-14,16,18,21-25H2,1-3H3. The summed E-state index contributed by atoms with van der Waals surface area (Å²) in [6.07, 6.45) is 10.2. The number of carbonyl (C=O) groups excluding carboxylic acids is 3. The van der Waals surface area contributed by atoms with Gasteiger partial charge in [0.15, 0.2) is 5.78 Å². The fraction of sp³-hybridized carbons (Fsp3) is 0.571. The lowest BCUT2D eigenvalue weighted by atomic mass is 9.93. The first-order valence-electron chi connectivity index (χ1n) is 15.8. The van der Waals surface area contributed by atoms with E-state index in [1.165, 1.54) is 14.2 Å². The van der Waals surface area contributed by atoms with E-state index in [1.54, 1.807) is 0 Å². The third-order valence-electron chi connectivity index (χ3n) is 7.78. The lowest BCUT2D eigenvalue weighted by molar-refractivity contribution is -0.145. The molecule has 1 heterocycles. The van der Waals surface area contributed by atoms with Crippen LogP contribution in [0.1, 0.15) is 99.0 Å². The monoisotopic (exact) mass is 596 g/mol. The maximum Gasteiger partial charge on any atom is 0.308 e. The van der Waals surface area contributed by atoms with Crippen molar-refractivity contribution in [2.45, 2.75) is 90.4 Å². The van der Waals surface area contributed by atoms with Gasteiger partial charge in [0.25, 0.3) is 0 Å². The number of ketones is 1. The van der Waals surface area contributed by atoms with E-state index in [4.69, 9.17) is 18.9 Å². The van der Waals surface area contributed by atoms with Gasteiger partial charge in [-0.2, -0.15) is 0 Å². The van der Waals surface area contributed by atoms with E-state index in [9.17, 15) is 14.4 Å². The third kappa shape index (κ3) is 10.9. The van der Waals surface area contributed by atoms with Crippen molar-refractivity contribution in [2.24, 2.45) is 5.92 Å². The van der Waals surface area contributed by atoms with E-state index >= 15 is 0 Å². The van der Waals surface area contributed by atoms with Crippen molar-refractivity contribution in [3.8, 4) is 17.2 Å². The lowest BCUT2D eigenvalue weighted by Crippen LogP contribution is -2.19. The molecule has 1 unspecified atom stereocenters. The largest absolute Gasteiger partial charge is 0.493 e. The van der Waals surface area contributed by atoms with E-state index in [0.29, 0.717) is 50.4 Å². The normalized spacial score (nSPS) is 13.0. The van der Waals surface area contributed by atoms with Gasteiger partial charge in [-0.25, -0.2) is 0 Å². The summed E-state index contributed by atoms with van der Waals surface area (Å²) in [5.41, 5.74) is 2.67. The molecule has 0 bridgehead atoms. The van der Waals surface area contributed by atoms with Crippen LogP contribution in [-0.2, 0) is 31.9 Å². The first-order chi connectivity index (χ1) is 21.0. The van der Waals surface area contributed by atoms with E-state index in [1.807, 2.05) is 36.4 Å². The molecule has 236 valence electrons. The van der Waals surface area contributed by atoms with Gasteiger partial charge < -0.3 is 23.7 Å². The van der Waals surface area contributed by atoms with E-state index in [0.717, 1.165) is 86.8 Å². The van der Waals surface area contributed by atoms with Gasteiger partial charge in [-0.3, -0.25) is 14.4 Å². The highest BCUT2D eigenvalue weighted by Crippen LogP contribution is 2.36.